The fourth-order valence-electron chi connectivity index (χ4n) is 1.90. The van der Waals surface area contributed by atoms with Crippen LogP contribution in [0.4, 0.5) is 5.69 Å². The number of nitrogen functional groups attached to an aromatic ring is 1. The topological polar surface area (TPSA) is 38.9 Å². The summed E-state index contributed by atoms with van der Waals surface area (Å²) in [5.74, 6) is 0.472. The summed E-state index contributed by atoms with van der Waals surface area (Å²) in [6.45, 7) is 6.38. The van der Waals surface area contributed by atoms with Gasteiger partial charge in [0, 0.05) is 17.3 Å². The van der Waals surface area contributed by atoms with Crippen molar-refractivity contribution in [1.82, 2.24) is 4.98 Å². The first-order chi connectivity index (χ1) is 7.11. The van der Waals surface area contributed by atoms with Gasteiger partial charge in [0.2, 0.25) is 0 Å². The highest BCUT2D eigenvalue weighted by atomic mass is 14.7. The highest BCUT2D eigenvalue weighted by Crippen LogP contribution is 2.30. The minimum absolute atomic E-state index is 0.472. The third-order valence-corrected chi connectivity index (χ3v) is 2.84. The zero-order chi connectivity index (χ0) is 11.0. The van der Waals surface area contributed by atoms with E-state index in [1.807, 2.05) is 19.2 Å². The van der Waals surface area contributed by atoms with Gasteiger partial charge in [0.15, 0.2) is 0 Å². The van der Waals surface area contributed by atoms with Crippen molar-refractivity contribution in [3.8, 4) is 0 Å². The van der Waals surface area contributed by atoms with Gasteiger partial charge in [0.1, 0.15) is 0 Å². The summed E-state index contributed by atoms with van der Waals surface area (Å²) in [4.78, 5) is 4.40. The number of anilines is 1. The number of pyridine rings is 1. The molecule has 0 aliphatic carbocycles. The minimum atomic E-state index is 0.472. The Bertz CT molecular complexity index is 501. The van der Waals surface area contributed by atoms with E-state index in [0.29, 0.717) is 5.92 Å². The number of hydrogen-bond donors (Lipinski definition) is 1. The smallest absolute Gasteiger partial charge is 0.0754 e. The predicted molar refractivity (Wildman–Crippen MR) is 65.0 cm³/mol. The van der Waals surface area contributed by atoms with Gasteiger partial charge in [-0.2, -0.15) is 0 Å². The molecule has 78 valence electrons. The Morgan fingerprint density at radius 1 is 1.33 bits per heavy atom. The molecule has 2 rings (SSSR count). The number of rotatable bonds is 1. The van der Waals surface area contributed by atoms with Crippen molar-refractivity contribution in [2.75, 3.05) is 5.73 Å². The number of aryl methyl sites for hydroxylation is 1. The van der Waals surface area contributed by atoms with Crippen LogP contribution in [0, 0.1) is 6.92 Å². The molecule has 0 aliphatic heterocycles. The van der Waals surface area contributed by atoms with E-state index in [2.05, 4.69) is 31.0 Å². The van der Waals surface area contributed by atoms with Gasteiger partial charge in [-0.15, -0.1) is 0 Å². The lowest BCUT2D eigenvalue weighted by molar-refractivity contribution is 0.876. The van der Waals surface area contributed by atoms with Crippen LogP contribution in [0.5, 0.6) is 0 Å². The quantitative estimate of drug-likeness (QED) is 0.718. The largest absolute Gasteiger partial charge is 0.398 e. The van der Waals surface area contributed by atoms with E-state index in [-0.39, 0.29) is 0 Å². The summed E-state index contributed by atoms with van der Waals surface area (Å²) in [5, 5.41) is 1.22. The third-order valence-electron chi connectivity index (χ3n) is 2.84. The molecule has 1 aromatic carbocycles. The Hall–Kier alpha value is -1.57. The molecule has 0 saturated heterocycles. The Labute approximate surface area is 90.1 Å². The molecule has 0 unspecified atom stereocenters. The molecule has 0 radical (unpaired) electrons. The van der Waals surface area contributed by atoms with Gasteiger partial charge in [-0.1, -0.05) is 19.9 Å². The SMILES string of the molecule is Cc1c(N)cc(C(C)C)c2cccnc12. The molecule has 2 heteroatoms. The molecule has 2 nitrogen and oxygen atoms in total. The van der Waals surface area contributed by atoms with E-state index in [4.69, 9.17) is 5.73 Å². The maximum Gasteiger partial charge on any atom is 0.0754 e. The lowest BCUT2D eigenvalue weighted by atomic mass is 9.95. The maximum absolute atomic E-state index is 5.98. The molecule has 0 bridgehead atoms. The molecule has 0 aliphatic rings. The lowest BCUT2D eigenvalue weighted by Crippen LogP contribution is -1.98. The van der Waals surface area contributed by atoms with Crippen molar-refractivity contribution < 1.29 is 0 Å². The van der Waals surface area contributed by atoms with Gasteiger partial charge in [-0.3, -0.25) is 4.98 Å². The van der Waals surface area contributed by atoms with E-state index in [1.165, 1.54) is 10.9 Å². The highest BCUT2D eigenvalue weighted by Gasteiger charge is 2.10. The van der Waals surface area contributed by atoms with Crippen molar-refractivity contribution >= 4 is 16.6 Å². The zero-order valence-corrected chi connectivity index (χ0v) is 9.41. The second-order valence-electron chi connectivity index (χ2n) is 4.23. The number of fused-ring (bicyclic) bond motifs is 1. The van der Waals surface area contributed by atoms with Gasteiger partial charge < -0.3 is 5.73 Å². The minimum Gasteiger partial charge on any atom is -0.398 e. The van der Waals surface area contributed by atoms with Gasteiger partial charge in [0.05, 0.1) is 5.52 Å². The second kappa shape index (κ2) is 3.54. The molecule has 2 N–H and O–H groups in total. The first kappa shape index (κ1) is 9.97. The van der Waals surface area contributed by atoms with E-state index in [1.54, 1.807) is 0 Å². The average molecular weight is 200 g/mol. The van der Waals surface area contributed by atoms with Crippen molar-refractivity contribution in [2.45, 2.75) is 26.7 Å². The van der Waals surface area contributed by atoms with Crippen molar-refractivity contribution in [3.63, 3.8) is 0 Å². The fourth-order valence-corrected chi connectivity index (χ4v) is 1.90. The normalized spacial score (nSPS) is 11.2. The molecule has 0 spiro atoms. The fraction of sp³-hybridized carbons (Fsp3) is 0.308. The van der Waals surface area contributed by atoms with Gasteiger partial charge in [-0.05, 0) is 36.1 Å². The first-order valence-electron chi connectivity index (χ1n) is 5.25. The number of nitrogens with two attached hydrogens (primary N) is 1. The van der Waals surface area contributed by atoms with E-state index >= 15 is 0 Å². The van der Waals surface area contributed by atoms with E-state index in [0.717, 1.165) is 16.8 Å². The van der Waals surface area contributed by atoms with Crippen molar-refractivity contribution in [3.05, 3.63) is 35.5 Å². The molecule has 1 aromatic heterocycles. The summed E-state index contributed by atoms with van der Waals surface area (Å²) >= 11 is 0. The first-order valence-corrected chi connectivity index (χ1v) is 5.25. The summed E-state index contributed by atoms with van der Waals surface area (Å²) in [6.07, 6.45) is 1.82. The van der Waals surface area contributed by atoms with E-state index < -0.39 is 0 Å². The van der Waals surface area contributed by atoms with Crippen LogP contribution in [0.2, 0.25) is 0 Å². The Kier molecular flexibility index (Phi) is 2.35. The summed E-state index contributed by atoms with van der Waals surface area (Å²) in [7, 11) is 0. The summed E-state index contributed by atoms with van der Waals surface area (Å²) in [5.41, 5.74) is 10.2. The maximum atomic E-state index is 5.98. The number of nitrogens with zero attached hydrogens (tertiary/aromatic N) is 1. The van der Waals surface area contributed by atoms with Crippen molar-refractivity contribution in [2.24, 2.45) is 0 Å². The van der Waals surface area contributed by atoms with Crippen LogP contribution in [-0.4, -0.2) is 4.98 Å². The number of aromatic nitrogens is 1. The predicted octanol–water partition coefficient (Wildman–Crippen LogP) is 3.25. The van der Waals surface area contributed by atoms with Crippen molar-refractivity contribution in [1.29, 1.82) is 0 Å². The molecular weight excluding hydrogens is 184 g/mol. The molecule has 0 amide bonds. The Morgan fingerprint density at radius 2 is 2.07 bits per heavy atom. The van der Waals surface area contributed by atoms with Gasteiger partial charge in [0.25, 0.3) is 0 Å². The van der Waals surface area contributed by atoms with E-state index in [9.17, 15) is 0 Å². The van der Waals surface area contributed by atoms with Gasteiger partial charge >= 0.3 is 0 Å². The van der Waals surface area contributed by atoms with Crippen LogP contribution < -0.4 is 5.73 Å². The molecule has 2 aromatic rings. The third kappa shape index (κ3) is 1.56. The van der Waals surface area contributed by atoms with Crippen LogP contribution in [0.25, 0.3) is 10.9 Å². The van der Waals surface area contributed by atoms with Crippen LogP contribution in [0.3, 0.4) is 0 Å². The number of benzene rings is 1. The van der Waals surface area contributed by atoms with Crippen LogP contribution in [0.15, 0.2) is 24.4 Å². The van der Waals surface area contributed by atoms with Crippen LogP contribution >= 0.6 is 0 Å². The van der Waals surface area contributed by atoms with Crippen LogP contribution in [-0.2, 0) is 0 Å². The summed E-state index contributed by atoms with van der Waals surface area (Å²) < 4.78 is 0. The van der Waals surface area contributed by atoms with Gasteiger partial charge in [-0.25, -0.2) is 0 Å². The molecule has 0 saturated carbocycles. The molecule has 15 heavy (non-hydrogen) atoms. The van der Waals surface area contributed by atoms with Crippen LogP contribution in [0.1, 0.15) is 30.9 Å². The standard InChI is InChI=1S/C13H16N2/c1-8(2)11-7-12(14)9(3)13-10(11)5-4-6-15-13/h4-8H,14H2,1-3H3. The molecule has 0 atom stereocenters. The highest BCUT2D eigenvalue weighted by molar-refractivity contribution is 5.89. The average Bonchev–Trinajstić information content (AvgIpc) is 2.23. The second-order valence-corrected chi connectivity index (χ2v) is 4.23. The molecular formula is C13H16N2. The zero-order valence-electron chi connectivity index (χ0n) is 9.41. The summed E-state index contributed by atoms with van der Waals surface area (Å²) in [6, 6.07) is 6.16. The molecule has 1 heterocycles. The number of hydrogen-bond acceptors (Lipinski definition) is 2. The monoisotopic (exact) mass is 200 g/mol. The Morgan fingerprint density at radius 3 is 2.73 bits per heavy atom. The lowest BCUT2D eigenvalue weighted by Gasteiger charge is -2.13. The Balaban J connectivity index is 2.88. The molecule has 0 fully saturated rings.